The number of hydrogen-bond acceptors (Lipinski definition) is 3. The van der Waals surface area contributed by atoms with Crippen molar-refractivity contribution in [2.75, 3.05) is 5.75 Å². The van der Waals surface area contributed by atoms with Crippen LogP contribution >= 0.6 is 15.9 Å². The van der Waals surface area contributed by atoms with Crippen molar-refractivity contribution >= 4 is 25.8 Å². The van der Waals surface area contributed by atoms with E-state index >= 15 is 0 Å². The first-order chi connectivity index (χ1) is 5.97. The first kappa shape index (κ1) is 10.7. The maximum atomic E-state index is 11.5. The fourth-order valence-corrected chi connectivity index (χ4v) is 2.56. The Bertz CT molecular complexity index is 414. The van der Waals surface area contributed by atoms with Gasteiger partial charge in [-0.05, 0) is 28.9 Å². The Labute approximate surface area is 86.2 Å². The Kier molecular flexibility index (Phi) is 3.08. The largest absolute Gasteiger partial charge is 0.259 e. The Hall–Kier alpha value is -0.420. The van der Waals surface area contributed by atoms with Crippen molar-refractivity contribution in [3.8, 4) is 0 Å². The molecule has 1 aromatic rings. The third-order valence-corrected chi connectivity index (χ3v) is 4.00. The van der Waals surface area contributed by atoms with Crippen molar-refractivity contribution in [1.82, 2.24) is 4.98 Å². The molecule has 1 aromatic heterocycles. The van der Waals surface area contributed by atoms with Crippen LogP contribution in [-0.4, -0.2) is 19.2 Å². The van der Waals surface area contributed by atoms with Crippen molar-refractivity contribution in [2.24, 2.45) is 0 Å². The third kappa shape index (κ3) is 2.28. The van der Waals surface area contributed by atoms with Gasteiger partial charge in [0, 0.05) is 10.7 Å². The summed E-state index contributed by atoms with van der Waals surface area (Å²) in [6, 6.07) is 1.58. The molecule has 13 heavy (non-hydrogen) atoms. The zero-order valence-electron chi connectivity index (χ0n) is 7.41. The predicted octanol–water partition coefficient (Wildman–Crippen LogP) is 1.95. The quantitative estimate of drug-likeness (QED) is 0.820. The fourth-order valence-electron chi connectivity index (χ4n) is 0.959. The lowest BCUT2D eigenvalue weighted by molar-refractivity contribution is 0.596. The van der Waals surface area contributed by atoms with E-state index in [1.54, 1.807) is 26.1 Å². The van der Waals surface area contributed by atoms with E-state index in [4.69, 9.17) is 0 Å². The maximum absolute atomic E-state index is 11.5. The van der Waals surface area contributed by atoms with Gasteiger partial charge in [-0.25, -0.2) is 8.42 Å². The van der Waals surface area contributed by atoms with Gasteiger partial charge in [-0.15, -0.1) is 0 Å². The molecule has 0 atom stereocenters. The average molecular weight is 264 g/mol. The monoisotopic (exact) mass is 263 g/mol. The minimum atomic E-state index is -3.14. The Morgan fingerprint density at radius 2 is 2.15 bits per heavy atom. The summed E-state index contributed by atoms with van der Waals surface area (Å²) in [6.07, 6.45) is 1.59. The van der Waals surface area contributed by atoms with Gasteiger partial charge in [0.1, 0.15) is 0 Å². The standard InChI is InChI=1S/C8H10BrNO2S/c1-3-13(11,12)8-4-7(9)5-10-6(8)2/h4-5H,3H2,1-2H3. The number of aryl methyl sites for hydroxylation is 1. The predicted molar refractivity (Wildman–Crippen MR) is 54.4 cm³/mol. The van der Waals surface area contributed by atoms with E-state index in [0.29, 0.717) is 15.1 Å². The molecule has 1 rings (SSSR count). The van der Waals surface area contributed by atoms with Crippen LogP contribution in [0.25, 0.3) is 0 Å². The third-order valence-electron chi connectivity index (χ3n) is 1.72. The van der Waals surface area contributed by atoms with Gasteiger partial charge in [-0.2, -0.15) is 0 Å². The first-order valence-corrected chi connectivity index (χ1v) is 6.27. The molecule has 0 saturated heterocycles. The molecule has 0 fully saturated rings. The van der Waals surface area contributed by atoms with Crippen molar-refractivity contribution in [3.05, 3.63) is 22.4 Å². The van der Waals surface area contributed by atoms with E-state index in [1.807, 2.05) is 0 Å². The van der Waals surface area contributed by atoms with E-state index in [9.17, 15) is 8.42 Å². The molecule has 0 spiro atoms. The van der Waals surface area contributed by atoms with E-state index in [1.165, 1.54) is 0 Å². The van der Waals surface area contributed by atoms with Crippen LogP contribution in [0.1, 0.15) is 12.6 Å². The van der Waals surface area contributed by atoms with Gasteiger partial charge < -0.3 is 0 Å². The molecular formula is C8H10BrNO2S. The molecule has 0 aliphatic rings. The highest BCUT2D eigenvalue weighted by Gasteiger charge is 2.15. The second kappa shape index (κ2) is 3.75. The van der Waals surface area contributed by atoms with Crippen LogP contribution in [0.2, 0.25) is 0 Å². The van der Waals surface area contributed by atoms with Crippen LogP contribution in [-0.2, 0) is 9.84 Å². The van der Waals surface area contributed by atoms with E-state index in [0.717, 1.165) is 0 Å². The Morgan fingerprint density at radius 3 is 2.69 bits per heavy atom. The van der Waals surface area contributed by atoms with Crippen LogP contribution in [0.3, 0.4) is 0 Å². The van der Waals surface area contributed by atoms with Gasteiger partial charge in [-0.1, -0.05) is 6.92 Å². The molecule has 5 heteroatoms. The Balaban J connectivity index is 3.38. The van der Waals surface area contributed by atoms with Gasteiger partial charge >= 0.3 is 0 Å². The number of hydrogen-bond donors (Lipinski definition) is 0. The van der Waals surface area contributed by atoms with Gasteiger partial charge in [-0.3, -0.25) is 4.98 Å². The molecule has 72 valence electrons. The number of sulfone groups is 1. The minimum absolute atomic E-state index is 0.103. The fraction of sp³-hybridized carbons (Fsp3) is 0.375. The second-order valence-electron chi connectivity index (χ2n) is 2.64. The smallest absolute Gasteiger partial charge is 0.179 e. The van der Waals surface area contributed by atoms with E-state index in [-0.39, 0.29) is 5.75 Å². The molecule has 0 aromatic carbocycles. The van der Waals surface area contributed by atoms with Gasteiger partial charge in [0.05, 0.1) is 16.3 Å². The highest BCUT2D eigenvalue weighted by molar-refractivity contribution is 9.10. The van der Waals surface area contributed by atoms with Crippen LogP contribution < -0.4 is 0 Å². The lowest BCUT2D eigenvalue weighted by Gasteiger charge is -2.04. The van der Waals surface area contributed by atoms with Gasteiger partial charge in [0.15, 0.2) is 9.84 Å². The summed E-state index contributed by atoms with van der Waals surface area (Å²) in [7, 11) is -3.14. The number of aromatic nitrogens is 1. The van der Waals surface area contributed by atoms with E-state index < -0.39 is 9.84 Å². The average Bonchev–Trinajstić information content (AvgIpc) is 2.09. The molecule has 0 bridgehead atoms. The Morgan fingerprint density at radius 1 is 1.54 bits per heavy atom. The summed E-state index contributed by atoms with van der Waals surface area (Å²) >= 11 is 3.19. The lowest BCUT2D eigenvalue weighted by atomic mass is 10.4. The molecule has 0 N–H and O–H groups in total. The first-order valence-electron chi connectivity index (χ1n) is 3.82. The zero-order valence-corrected chi connectivity index (χ0v) is 9.81. The summed E-state index contributed by atoms with van der Waals surface area (Å²) in [4.78, 5) is 4.28. The lowest BCUT2D eigenvalue weighted by Crippen LogP contribution is -2.06. The zero-order chi connectivity index (χ0) is 10.1. The van der Waals surface area contributed by atoms with Gasteiger partial charge in [0.25, 0.3) is 0 Å². The van der Waals surface area contributed by atoms with Crippen molar-refractivity contribution < 1.29 is 8.42 Å². The number of nitrogens with zero attached hydrogens (tertiary/aromatic N) is 1. The molecular weight excluding hydrogens is 254 g/mol. The maximum Gasteiger partial charge on any atom is 0.179 e. The van der Waals surface area contributed by atoms with Crippen LogP contribution in [0.4, 0.5) is 0 Å². The van der Waals surface area contributed by atoms with Crippen LogP contribution in [0, 0.1) is 6.92 Å². The summed E-state index contributed by atoms with van der Waals surface area (Å²) in [5, 5.41) is 0. The summed E-state index contributed by atoms with van der Waals surface area (Å²) in [6.45, 7) is 3.31. The van der Waals surface area contributed by atoms with E-state index in [2.05, 4.69) is 20.9 Å². The minimum Gasteiger partial charge on any atom is -0.259 e. The summed E-state index contributed by atoms with van der Waals surface area (Å²) in [5.41, 5.74) is 0.546. The van der Waals surface area contributed by atoms with Crippen LogP contribution in [0.5, 0.6) is 0 Å². The van der Waals surface area contributed by atoms with Crippen molar-refractivity contribution in [2.45, 2.75) is 18.7 Å². The van der Waals surface area contributed by atoms with Gasteiger partial charge in [0.2, 0.25) is 0 Å². The molecule has 0 aliphatic carbocycles. The molecule has 0 aliphatic heterocycles. The summed E-state index contributed by atoms with van der Waals surface area (Å²) in [5.74, 6) is 0.103. The molecule has 0 radical (unpaired) electrons. The number of rotatable bonds is 2. The van der Waals surface area contributed by atoms with Crippen molar-refractivity contribution in [1.29, 1.82) is 0 Å². The van der Waals surface area contributed by atoms with Crippen molar-refractivity contribution in [3.63, 3.8) is 0 Å². The molecule has 0 amide bonds. The normalized spacial score (nSPS) is 11.6. The summed E-state index contributed by atoms with van der Waals surface area (Å²) < 4.78 is 23.7. The molecule has 1 heterocycles. The molecule has 0 saturated carbocycles. The molecule has 3 nitrogen and oxygen atoms in total. The topological polar surface area (TPSA) is 47.0 Å². The molecule has 0 unspecified atom stereocenters. The second-order valence-corrected chi connectivity index (χ2v) is 5.80. The number of pyridine rings is 1. The highest BCUT2D eigenvalue weighted by Crippen LogP contribution is 2.19. The SMILES string of the molecule is CCS(=O)(=O)c1cc(Br)cnc1C. The van der Waals surface area contributed by atoms with Crippen LogP contribution in [0.15, 0.2) is 21.6 Å². The number of halogens is 1. The highest BCUT2D eigenvalue weighted by atomic mass is 79.9.